The lowest BCUT2D eigenvalue weighted by molar-refractivity contribution is -0.146. The minimum absolute atomic E-state index is 0.0221. The van der Waals surface area contributed by atoms with Gasteiger partial charge in [0, 0.05) is 22.4 Å². The van der Waals surface area contributed by atoms with Crippen molar-refractivity contribution in [2.24, 2.45) is 11.0 Å². The maximum Gasteiger partial charge on any atom is 0.459 e. The van der Waals surface area contributed by atoms with Gasteiger partial charge in [-0.3, -0.25) is 13.9 Å². The van der Waals surface area contributed by atoms with Crippen molar-refractivity contribution < 1.29 is 33.0 Å². The molecule has 0 spiro atoms. The van der Waals surface area contributed by atoms with E-state index in [9.17, 15) is 24.8 Å². The van der Waals surface area contributed by atoms with Gasteiger partial charge in [-0.25, -0.2) is 9.36 Å². The highest BCUT2D eigenvalue weighted by atomic mass is 31.2. The Labute approximate surface area is 263 Å². The van der Waals surface area contributed by atoms with Crippen molar-refractivity contribution in [3.8, 4) is 5.75 Å². The van der Waals surface area contributed by atoms with Gasteiger partial charge >= 0.3 is 19.4 Å². The SMILES string of the molecule is C[C@H]1[C@H](n2ccc(N)nc2=O)OC(COP(=O)(N[C@@H](C)C(=O)OCc2ccccc2)Oc2cccc3ccccc23)(N=[N+]=[N-])[C@H]1O. The van der Waals surface area contributed by atoms with E-state index >= 15 is 0 Å². The van der Waals surface area contributed by atoms with Crippen LogP contribution < -0.4 is 21.0 Å². The fourth-order valence-corrected chi connectivity index (χ4v) is 6.54. The second kappa shape index (κ2) is 13.7. The number of rotatable bonds is 12. The molecule has 4 aromatic rings. The average molecular weight is 650 g/mol. The average Bonchev–Trinajstić information content (AvgIpc) is 3.29. The molecule has 0 bridgehead atoms. The smallest absolute Gasteiger partial charge is 0.459 e. The van der Waals surface area contributed by atoms with Gasteiger partial charge in [-0.2, -0.15) is 10.1 Å². The largest absolute Gasteiger partial charge is 0.460 e. The molecule has 3 aromatic carbocycles. The number of anilines is 1. The van der Waals surface area contributed by atoms with E-state index in [0.717, 1.165) is 15.5 Å². The summed E-state index contributed by atoms with van der Waals surface area (Å²) in [5.41, 5.74) is 12.9. The molecule has 4 N–H and O–H groups in total. The lowest BCUT2D eigenvalue weighted by Crippen LogP contribution is -2.44. The number of aliphatic hydroxyl groups excluding tert-OH is 1. The van der Waals surface area contributed by atoms with E-state index in [1.165, 1.54) is 19.2 Å². The van der Waals surface area contributed by atoms with Crippen LogP contribution in [0.25, 0.3) is 21.2 Å². The normalized spacial score (nSPS) is 22.8. The number of carbonyl (C=O) groups excluding carboxylic acids is 1. The lowest BCUT2D eigenvalue weighted by Gasteiger charge is -2.30. The molecular formula is C30H32N7O8P. The van der Waals surface area contributed by atoms with Crippen molar-refractivity contribution >= 4 is 30.3 Å². The van der Waals surface area contributed by atoms with Crippen LogP contribution in [-0.4, -0.2) is 45.1 Å². The van der Waals surface area contributed by atoms with Crippen LogP contribution in [0.4, 0.5) is 5.82 Å². The fraction of sp³-hybridized carbons (Fsp3) is 0.300. The topological polar surface area (TPSA) is 213 Å². The number of nitrogen functional groups attached to an aromatic ring is 1. The summed E-state index contributed by atoms with van der Waals surface area (Å²) in [7, 11) is -4.55. The number of nitrogens with two attached hydrogens (primary N) is 1. The Hall–Kier alpha value is -4.75. The molecule has 0 aliphatic carbocycles. The molecular weight excluding hydrogens is 617 g/mol. The number of aromatic nitrogens is 2. The molecule has 5 rings (SSSR count). The summed E-state index contributed by atoms with van der Waals surface area (Å²) in [5, 5.41) is 18.9. The summed E-state index contributed by atoms with van der Waals surface area (Å²) < 4.78 is 38.6. The Kier molecular flexibility index (Phi) is 9.73. The van der Waals surface area contributed by atoms with Crippen LogP contribution in [0.15, 0.2) is 95.0 Å². The zero-order valence-corrected chi connectivity index (χ0v) is 25.8. The third kappa shape index (κ3) is 7.05. The first kappa shape index (κ1) is 32.6. The van der Waals surface area contributed by atoms with Crippen LogP contribution in [0.2, 0.25) is 0 Å². The van der Waals surface area contributed by atoms with Crippen molar-refractivity contribution in [1.29, 1.82) is 0 Å². The van der Waals surface area contributed by atoms with E-state index in [1.54, 1.807) is 55.5 Å². The molecule has 0 amide bonds. The van der Waals surface area contributed by atoms with E-state index in [4.69, 9.17) is 24.3 Å². The predicted octanol–water partition coefficient (Wildman–Crippen LogP) is 4.44. The van der Waals surface area contributed by atoms with Gasteiger partial charge in [0.05, 0.1) is 12.7 Å². The number of fused-ring (bicyclic) bond motifs is 1. The highest BCUT2D eigenvalue weighted by Crippen LogP contribution is 2.50. The van der Waals surface area contributed by atoms with Gasteiger partial charge in [0.1, 0.15) is 30.4 Å². The molecule has 0 saturated carbocycles. The standard InChI is InChI=1S/C30H32N7O8P/c1-19-26(38)30(35-36-32,44-27(19)37-16-15-25(31)33-29(37)40)18-43-46(41,45-24-14-8-12-22-11-6-7-13-23(22)24)34-20(2)28(39)42-17-21-9-4-3-5-10-21/h3-16,19-20,26-27,38H,17-18H2,1-2H3,(H,34,41)(H2,31,33,40)/t19-,20+,26+,27-,30?,46?/m1/s1. The van der Waals surface area contributed by atoms with Gasteiger partial charge < -0.3 is 24.8 Å². The Morgan fingerprint density at radius 3 is 2.65 bits per heavy atom. The van der Waals surface area contributed by atoms with E-state index in [0.29, 0.717) is 5.39 Å². The van der Waals surface area contributed by atoms with Crippen molar-refractivity contribution in [1.82, 2.24) is 14.6 Å². The highest BCUT2D eigenvalue weighted by molar-refractivity contribution is 7.52. The Morgan fingerprint density at radius 2 is 1.91 bits per heavy atom. The third-order valence-electron chi connectivity index (χ3n) is 7.41. The van der Waals surface area contributed by atoms with Gasteiger partial charge in [-0.15, -0.1) is 0 Å². The first-order valence-electron chi connectivity index (χ1n) is 14.2. The summed E-state index contributed by atoms with van der Waals surface area (Å²) in [4.78, 5) is 32.0. The number of aliphatic hydroxyl groups is 1. The van der Waals surface area contributed by atoms with Gasteiger partial charge in [0.25, 0.3) is 0 Å². The molecule has 6 atom stereocenters. The summed E-state index contributed by atoms with van der Waals surface area (Å²) in [6, 6.07) is 21.4. The number of carbonyl (C=O) groups is 1. The molecule has 1 aromatic heterocycles. The predicted molar refractivity (Wildman–Crippen MR) is 167 cm³/mol. The minimum atomic E-state index is -4.55. The zero-order chi connectivity index (χ0) is 32.9. The summed E-state index contributed by atoms with van der Waals surface area (Å²) in [6.07, 6.45) is -1.38. The van der Waals surface area contributed by atoms with E-state index in [2.05, 4.69) is 20.1 Å². The number of esters is 1. The van der Waals surface area contributed by atoms with Crippen LogP contribution in [0.3, 0.4) is 0 Å². The summed E-state index contributed by atoms with van der Waals surface area (Å²) in [5.74, 6) is -1.45. The van der Waals surface area contributed by atoms with Gasteiger partial charge in [0.2, 0.25) is 0 Å². The first-order chi connectivity index (χ1) is 22.0. The second-order valence-corrected chi connectivity index (χ2v) is 12.4. The molecule has 15 nitrogen and oxygen atoms in total. The van der Waals surface area contributed by atoms with E-state index in [-0.39, 0.29) is 18.2 Å². The number of ether oxygens (including phenoxy) is 2. The van der Waals surface area contributed by atoms with Crippen molar-refractivity contribution in [2.75, 3.05) is 12.3 Å². The maximum absolute atomic E-state index is 14.4. The molecule has 1 aliphatic heterocycles. The van der Waals surface area contributed by atoms with Crippen LogP contribution in [-0.2, 0) is 30.0 Å². The first-order valence-corrected chi connectivity index (χ1v) is 15.8. The molecule has 16 heteroatoms. The fourth-order valence-electron chi connectivity index (χ4n) is 5.00. The minimum Gasteiger partial charge on any atom is -0.460 e. The van der Waals surface area contributed by atoms with E-state index in [1.807, 2.05) is 24.3 Å². The summed E-state index contributed by atoms with van der Waals surface area (Å²) in [6.45, 7) is 2.14. The van der Waals surface area contributed by atoms with Crippen LogP contribution in [0.1, 0.15) is 25.6 Å². The number of nitrogens with zero attached hydrogens (tertiary/aromatic N) is 5. The zero-order valence-electron chi connectivity index (χ0n) is 24.9. The van der Waals surface area contributed by atoms with Crippen LogP contribution in [0.5, 0.6) is 5.75 Å². The monoisotopic (exact) mass is 649 g/mol. The van der Waals surface area contributed by atoms with Crippen molar-refractivity contribution in [3.05, 3.63) is 112 Å². The molecule has 2 unspecified atom stereocenters. The maximum atomic E-state index is 14.4. The second-order valence-electron chi connectivity index (χ2n) is 10.7. The van der Waals surface area contributed by atoms with Crippen molar-refractivity contribution in [2.45, 2.75) is 44.6 Å². The van der Waals surface area contributed by atoms with Crippen LogP contribution in [0, 0.1) is 5.92 Å². The van der Waals surface area contributed by atoms with Gasteiger partial charge in [0.15, 0.2) is 5.72 Å². The number of azide groups is 1. The highest BCUT2D eigenvalue weighted by Gasteiger charge is 2.55. The Bertz CT molecular complexity index is 1860. The number of nitrogens with one attached hydrogen (secondary N) is 1. The molecule has 0 radical (unpaired) electrons. The quantitative estimate of drug-likeness (QED) is 0.0641. The molecule has 240 valence electrons. The number of hydrogen-bond acceptors (Lipinski definition) is 11. The molecule has 1 aliphatic rings. The lowest BCUT2D eigenvalue weighted by atomic mass is 9.98. The molecule has 46 heavy (non-hydrogen) atoms. The third-order valence-corrected chi connectivity index (χ3v) is 9.02. The molecule has 1 saturated heterocycles. The Balaban J connectivity index is 1.43. The van der Waals surface area contributed by atoms with Gasteiger partial charge in [-0.05, 0) is 35.5 Å². The van der Waals surface area contributed by atoms with Crippen LogP contribution >= 0.6 is 7.75 Å². The summed E-state index contributed by atoms with van der Waals surface area (Å²) >= 11 is 0. The Morgan fingerprint density at radius 1 is 1.20 bits per heavy atom. The van der Waals surface area contributed by atoms with E-state index < -0.39 is 56.0 Å². The molecule has 2 heterocycles. The number of hydrogen-bond donors (Lipinski definition) is 3. The van der Waals surface area contributed by atoms with Gasteiger partial charge in [-0.1, -0.05) is 78.8 Å². The molecule has 1 fully saturated rings. The number of benzene rings is 3. The van der Waals surface area contributed by atoms with Crippen molar-refractivity contribution in [3.63, 3.8) is 0 Å².